The van der Waals surface area contributed by atoms with Crippen LogP contribution in [0.25, 0.3) is 0 Å². The second-order valence-corrected chi connectivity index (χ2v) is 3.42. The van der Waals surface area contributed by atoms with E-state index in [-0.39, 0.29) is 12.1 Å². The lowest BCUT2D eigenvalue weighted by molar-refractivity contribution is 0.0680. The Hall–Kier alpha value is -0.970. The summed E-state index contributed by atoms with van der Waals surface area (Å²) in [5.41, 5.74) is 6.98. The summed E-state index contributed by atoms with van der Waals surface area (Å²) in [4.78, 5) is 4.23. The van der Waals surface area contributed by atoms with E-state index < -0.39 is 0 Å². The van der Waals surface area contributed by atoms with Crippen molar-refractivity contribution in [2.75, 3.05) is 19.8 Å². The Morgan fingerprint density at radius 3 is 3.14 bits per heavy atom. The molecule has 1 saturated heterocycles. The molecule has 0 spiro atoms. The molecule has 76 valence electrons. The first-order valence-corrected chi connectivity index (χ1v) is 4.85. The molecule has 0 radical (unpaired) electrons. The highest BCUT2D eigenvalue weighted by atomic mass is 16.5. The summed E-state index contributed by atoms with van der Waals surface area (Å²) in [6, 6.07) is 5.88. The number of ether oxygens (including phenoxy) is 1. The summed E-state index contributed by atoms with van der Waals surface area (Å²) < 4.78 is 5.35. The van der Waals surface area contributed by atoms with Crippen LogP contribution in [0.3, 0.4) is 0 Å². The van der Waals surface area contributed by atoms with Gasteiger partial charge in [-0.2, -0.15) is 0 Å². The Kier molecular flexibility index (Phi) is 3.08. The van der Waals surface area contributed by atoms with E-state index in [0.29, 0.717) is 6.61 Å². The molecule has 0 aromatic carbocycles. The van der Waals surface area contributed by atoms with E-state index in [1.165, 1.54) is 0 Å². The number of hydrogen-bond acceptors (Lipinski definition) is 4. The second-order valence-electron chi connectivity index (χ2n) is 3.42. The second kappa shape index (κ2) is 4.50. The first-order valence-electron chi connectivity index (χ1n) is 4.85. The molecule has 1 aromatic heterocycles. The lowest BCUT2D eigenvalue weighted by Crippen LogP contribution is -2.47. The first kappa shape index (κ1) is 9.58. The van der Waals surface area contributed by atoms with Gasteiger partial charge < -0.3 is 15.8 Å². The predicted molar refractivity (Wildman–Crippen MR) is 53.8 cm³/mol. The molecule has 3 N–H and O–H groups in total. The standard InChI is InChI=1S/C10H15N3O/c11-10(8-3-1-2-4-12-8)9-7-14-6-5-13-9/h1-4,9-10,13H,5-7,11H2. The average Bonchev–Trinajstić information content (AvgIpc) is 2.30. The molecule has 0 saturated carbocycles. The maximum absolute atomic E-state index is 6.06. The number of aromatic nitrogens is 1. The molecular weight excluding hydrogens is 178 g/mol. The third-order valence-corrected chi connectivity index (χ3v) is 2.41. The van der Waals surface area contributed by atoms with Gasteiger partial charge in [0, 0.05) is 12.7 Å². The van der Waals surface area contributed by atoms with Gasteiger partial charge in [0.25, 0.3) is 0 Å². The van der Waals surface area contributed by atoms with Crippen molar-refractivity contribution >= 4 is 0 Å². The molecule has 0 amide bonds. The lowest BCUT2D eigenvalue weighted by atomic mass is 10.1. The Morgan fingerprint density at radius 2 is 2.50 bits per heavy atom. The molecule has 4 heteroatoms. The molecule has 0 aliphatic carbocycles. The van der Waals surface area contributed by atoms with E-state index in [1.54, 1.807) is 6.20 Å². The van der Waals surface area contributed by atoms with Gasteiger partial charge in [-0.3, -0.25) is 4.98 Å². The van der Waals surface area contributed by atoms with Crippen molar-refractivity contribution in [3.05, 3.63) is 30.1 Å². The van der Waals surface area contributed by atoms with Crippen molar-refractivity contribution in [3.63, 3.8) is 0 Å². The smallest absolute Gasteiger partial charge is 0.0648 e. The van der Waals surface area contributed by atoms with Gasteiger partial charge in [0.1, 0.15) is 0 Å². The maximum atomic E-state index is 6.06. The Bertz CT molecular complexity index is 272. The molecule has 1 aromatic rings. The van der Waals surface area contributed by atoms with E-state index in [0.717, 1.165) is 18.8 Å². The van der Waals surface area contributed by atoms with Crippen LogP contribution in [0.2, 0.25) is 0 Å². The van der Waals surface area contributed by atoms with Gasteiger partial charge in [0.2, 0.25) is 0 Å². The normalized spacial score (nSPS) is 24.5. The minimum Gasteiger partial charge on any atom is -0.378 e. The summed E-state index contributed by atoms with van der Waals surface area (Å²) in [7, 11) is 0. The van der Waals surface area contributed by atoms with Gasteiger partial charge in [-0.1, -0.05) is 6.07 Å². The van der Waals surface area contributed by atoms with Gasteiger partial charge >= 0.3 is 0 Å². The maximum Gasteiger partial charge on any atom is 0.0648 e. The molecule has 2 heterocycles. The lowest BCUT2D eigenvalue weighted by Gasteiger charge is -2.28. The summed E-state index contributed by atoms with van der Waals surface area (Å²) in [5, 5.41) is 3.33. The zero-order chi connectivity index (χ0) is 9.80. The van der Waals surface area contributed by atoms with Gasteiger partial charge in [-0.15, -0.1) is 0 Å². The molecule has 4 nitrogen and oxygen atoms in total. The highest BCUT2D eigenvalue weighted by Gasteiger charge is 2.22. The largest absolute Gasteiger partial charge is 0.378 e. The van der Waals surface area contributed by atoms with Crippen LogP contribution in [-0.4, -0.2) is 30.8 Å². The summed E-state index contributed by atoms with van der Waals surface area (Å²) >= 11 is 0. The van der Waals surface area contributed by atoms with Crippen LogP contribution < -0.4 is 11.1 Å². The van der Waals surface area contributed by atoms with Crippen LogP contribution in [0.15, 0.2) is 24.4 Å². The average molecular weight is 193 g/mol. The zero-order valence-electron chi connectivity index (χ0n) is 8.02. The molecule has 1 fully saturated rings. The summed E-state index contributed by atoms with van der Waals surface area (Å²) in [6.07, 6.45) is 1.76. The van der Waals surface area contributed by atoms with Gasteiger partial charge in [-0.25, -0.2) is 0 Å². The van der Waals surface area contributed by atoms with Crippen molar-refractivity contribution in [3.8, 4) is 0 Å². The molecule has 1 aliphatic rings. The molecular formula is C10H15N3O. The fourth-order valence-electron chi connectivity index (χ4n) is 1.60. The molecule has 2 unspecified atom stereocenters. The van der Waals surface area contributed by atoms with Crippen LogP contribution in [0.4, 0.5) is 0 Å². The molecule has 2 atom stereocenters. The van der Waals surface area contributed by atoms with Gasteiger partial charge in [-0.05, 0) is 12.1 Å². The van der Waals surface area contributed by atoms with E-state index in [1.807, 2.05) is 18.2 Å². The Morgan fingerprint density at radius 1 is 1.57 bits per heavy atom. The van der Waals surface area contributed by atoms with E-state index in [9.17, 15) is 0 Å². The predicted octanol–water partition coefficient (Wildman–Crippen LogP) is 0.0698. The molecule has 1 aliphatic heterocycles. The van der Waals surface area contributed by atoms with Crippen molar-refractivity contribution in [1.82, 2.24) is 10.3 Å². The van der Waals surface area contributed by atoms with Crippen LogP contribution in [-0.2, 0) is 4.74 Å². The minimum absolute atomic E-state index is 0.0866. The monoisotopic (exact) mass is 193 g/mol. The fourth-order valence-corrected chi connectivity index (χ4v) is 1.60. The summed E-state index contributed by atoms with van der Waals surface area (Å²) in [6.45, 7) is 2.30. The number of nitrogens with two attached hydrogens (primary N) is 1. The van der Waals surface area contributed by atoms with Crippen LogP contribution in [0, 0.1) is 0 Å². The fraction of sp³-hybridized carbons (Fsp3) is 0.500. The molecule has 14 heavy (non-hydrogen) atoms. The van der Waals surface area contributed by atoms with E-state index >= 15 is 0 Å². The van der Waals surface area contributed by atoms with Gasteiger partial charge in [0.05, 0.1) is 31.0 Å². The number of morpholine rings is 1. The first-order chi connectivity index (χ1) is 6.88. The molecule has 2 rings (SSSR count). The van der Waals surface area contributed by atoms with Crippen LogP contribution >= 0.6 is 0 Å². The SMILES string of the molecule is NC(c1ccccn1)C1COCCN1. The van der Waals surface area contributed by atoms with Crippen LogP contribution in [0.5, 0.6) is 0 Å². The highest BCUT2D eigenvalue weighted by molar-refractivity contribution is 5.10. The highest BCUT2D eigenvalue weighted by Crippen LogP contribution is 2.12. The minimum atomic E-state index is -0.0866. The third kappa shape index (κ3) is 2.09. The van der Waals surface area contributed by atoms with Crippen molar-refractivity contribution in [2.24, 2.45) is 5.73 Å². The third-order valence-electron chi connectivity index (χ3n) is 2.41. The zero-order valence-corrected chi connectivity index (χ0v) is 8.02. The van der Waals surface area contributed by atoms with E-state index in [4.69, 9.17) is 10.5 Å². The molecule has 0 bridgehead atoms. The topological polar surface area (TPSA) is 60.2 Å². The quantitative estimate of drug-likeness (QED) is 0.698. The van der Waals surface area contributed by atoms with Gasteiger partial charge in [0.15, 0.2) is 0 Å². The van der Waals surface area contributed by atoms with E-state index in [2.05, 4.69) is 10.3 Å². The van der Waals surface area contributed by atoms with Crippen molar-refractivity contribution < 1.29 is 4.74 Å². The number of nitrogens with one attached hydrogen (secondary N) is 1. The Labute approximate surface area is 83.5 Å². The van der Waals surface area contributed by atoms with Crippen molar-refractivity contribution in [1.29, 1.82) is 0 Å². The number of rotatable bonds is 2. The van der Waals surface area contributed by atoms with Crippen LogP contribution in [0.1, 0.15) is 11.7 Å². The summed E-state index contributed by atoms with van der Waals surface area (Å²) in [5.74, 6) is 0. The number of nitrogens with zero attached hydrogens (tertiary/aromatic N) is 1. The number of hydrogen-bond donors (Lipinski definition) is 2. The number of pyridine rings is 1. The Balaban J connectivity index is 2.03. The van der Waals surface area contributed by atoms with Crippen molar-refractivity contribution in [2.45, 2.75) is 12.1 Å².